The van der Waals surface area contributed by atoms with Gasteiger partial charge in [0.2, 0.25) is 0 Å². The minimum Gasteiger partial charge on any atom is -0.345 e. The third-order valence-corrected chi connectivity index (χ3v) is 8.26. The Morgan fingerprint density at radius 3 is 2.84 bits per heavy atom. The second-order valence-corrected chi connectivity index (χ2v) is 11.0. The van der Waals surface area contributed by atoms with E-state index in [-0.39, 0.29) is 0 Å². The monoisotopic (exact) mass is 453 g/mol. The molecule has 0 amide bonds. The van der Waals surface area contributed by atoms with E-state index in [0.29, 0.717) is 11.8 Å². The van der Waals surface area contributed by atoms with E-state index < -0.39 is 0 Å². The smallest absolute Gasteiger partial charge is 0.140 e. The van der Waals surface area contributed by atoms with Crippen LogP contribution in [0.5, 0.6) is 0 Å². The van der Waals surface area contributed by atoms with Gasteiger partial charge in [-0.15, -0.1) is 11.3 Å². The van der Waals surface area contributed by atoms with Crippen molar-refractivity contribution in [2.24, 2.45) is 7.05 Å². The van der Waals surface area contributed by atoms with Gasteiger partial charge in [0.25, 0.3) is 0 Å². The van der Waals surface area contributed by atoms with Crippen LogP contribution in [0.1, 0.15) is 49.1 Å². The van der Waals surface area contributed by atoms with Gasteiger partial charge in [-0.1, -0.05) is 13.8 Å². The number of likely N-dealkylation sites (tertiary alicyclic amines) is 1. The molecule has 1 fully saturated rings. The molecule has 164 valence electrons. The summed E-state index contributed by atoms with van der Waals surface area (Å²) in [6.07, 6.45) is 8.71. The number of aromatic amines is 1. The van der Waals surface area contributed by atoms with Crippen molar-refractivity contribution in [2.75, 3.05) is 31.6 Å². The summed E-state index contributed by atoms with van der Waals surface area (Å²) in [5.74, 6) is 2.23. The zero-order valence-corrected chi connectivity index (χ0v) is 20.4. The van der Waals surface area contributed by atoms with E-state index in [0.717, 1.165) is 5.65 Å². The van der Waals surface area contributed by atoms with Crippen LogP contribution in [0, 0.1) is 0 Å². The SMILES string of the molecule is CSCCN1CCC(c2nc3c(C(C)C)c(-c4cn(C)c5ncccc45)[nH]c3s2)CC1. The third-order valence-electron chi connectivity index (χ3n) is 6.54. The summed E-state index contributed by atoms with van der Waals surface area (Å²) in [5.41, 5.74) is 5.97. The molecule has 4 aromatic rings. The lowest BCUT2D eigenvalue weighted by molar-refractivity contribution is 0.224. The summed E-state index contributed by atoms with van der Waals surface area (Å²) in [4.78, 5) is 17.4. The number of hydrogen-bond donors (Lipinski definition) is 1. The number of nitrogens with zero attached hydrogens (tertiary/aromatic N) is 4. The first-order chi connectivity index (χ1) is 15.1. The zero-order valence-electron chi connectivity index (χ0n) is 18.8. The fourth-order valence-corrected chi connectivity index (χ4v) is 6.48. The molecule has 1 aliphatic rings. The average Bonchev–Trinajstić information content (AvgIpc) is 3.43. The number of pyridine rings is 1. The lowest BCUT2D eigenvalue weighted by atomic mass is 9.97. The second kappa shape index (κ2) is 8.60. The quantitative estimate of drug-likeness (QED) is 0.398. The Labute approximate surface area is 192 Å². The first-order valence-electron chi connectivity index (χ1n) is 11.2. The predicted octanol–water partition coefficient (Wildman–Crippen LogP) is 5.84. The molecule has 1 N–H and O–H groups in total. The molecule has 0 saturated carbocycles. The van der Waals surface area contributed by atoms with E-state index in [4.69, 9.17) is 4.98 Å². The van der Waals surface area contributed by atoms with Crippen LogP contribution < -0.4 is 0 Å². The molecule has 1 aliphatic heterocycles. The predicted molar refractivity (Wildman–Crippen MR) is 135 cm³/mol. The highest BCUT2D eigenvalue weighted by Gasteiger charge is 2.27. The van der Waals surface area contributed by atoms with Gasteiger partial charge in [-0.25, -0.2) is 9.97 Å². The topological polar surface area (TPSA) is 49.7 Å². The first kappa shape index (κ1) is 21.0. The van der Waals surface area contributed by atoms with Gasteiger partial charge in [0.05, 0.1) is 10.7 Å². The van der Waals surface area contributed by atoms with E-state index in [2.05, 4.69) is 58.8 Å². The number of nitrogens with one attached hydrogen (secondary N) is 1. The van der Waals surface area contributed by atoms with Gasteiger partial charge in [-0.2, -0.15) is 11.8 Å². The van der Waals surface area contributed by atoms with Crippen LogP contribution >= 0.6 is 23.1 Å². The molecule has 0 bridgehead atoms. The lowest BCUT2D eigenvalue weighted by Gasteiger charge is -2.30. The molecule has 0 unspecified atom stereocenters. The van der Waals surface area contributed by atoms with Crippen molar-refractivity contribution >= 4 is 44.5 Å². The lowest BCUT2D eigenvalue weighted by Crippen LogP contribution is -2.34. The number of piperidine rings is 1. The zero-order chi connectivity index (χ0) is 21.5. The molecule has 4 aromatic heterocycles. The Hall–Kier alpha value is -1.83. The molecule has 0 radical (unpaired) electrons. The highest BCUT2D eigenvalue weighted by Crippen LogP contribution is 2.42. The molecule has 31 heavy (non-hydrogen) atoms. The van der Waals surface area contributed by atoms with Crippen molar-refractivity contribution < 1.29 is 0 Å². The molecular weight excluding hydrogens is 422 g/mol. The number of thiazole rings is 1. The number of hydrogen-bond acceptors (Lipinski definition) is 5. The first-order valence-corrected chi connectivity index (χ1v) is 13.4. The van der Waals surface area contributed by atoms with Gasteiger partial charge < -0.3 is 14.5 Å². The largest absolute Gasteiger partial charge is 0.345 e. The number of fused-ring (bicyclic) bond motifs is 2. The highest BCUT2D eigenvalue weighted by molar-refractivity contribution is 7.98. The van der Waals surface area contributed by atoms with Crippen LogP contribution in [-0.2, 0) is 7.05 Å². The minimum absolute atomic E-state index is 0.402. The summed E-state index contributed by atoms with van der Waals surface area (Å²) in [6, 6.07) is 4.19. The van der Waals surface area contributed by atoms with Gasteiger partial charge in [-0.3, -0.25) is 0 Å². The van der Waals surface area contributed by atoms with E-state index >= 15 is 0 Å². The minimum atomic E-state index is 0.402. The van der Waals surface area contributed by atoms with Crippen LogP contribution in [0.15, 0.2) is 24.5 Å². The summed E-state index contributed by atoms with van der Waals surface area (Å²) >= 11 is 3.81. The Morgan fingerprint density at radius 2 is 2.10 bits per heavy atom. The van der Waals surface area contributed by atoms with Gasteiger partial charge in [0.1, 0.15) is 16.0 Å². The van der Waals surface area contributed by atoms with Crippen molar-refractivity contribution in [2.45, 2.75) is 38.5 Å². The molecule has 0 spiro atoms. The van der Waals surface area contributed by atoms with E-state index in [9.17, 15) is 0 Å². The van der Waals surface area contributed by atoms with Gasteiger partial charge >= 0.3 is 0 Å². The number of aromatic nitrogens is 4. The van der Waals surface area contributed by atoms with Gasteiger partial charge in [0.15, 0.2) is 0 Å². The number of rotatable bonds is 6. The molecule has 5 nitrogen and oxygen atoms in total. The number of thioether (sulfide) groups is 1. The number of aryl methyl sites for hydroxylation is 1. The fraction of sp³-hybridized carbons (Fsp3) is 0.500. The molecule has 7 heteroatoms. The van der Waals surface area contributed by atoms with Crippen LogP contribution in [-0.4, -0.2) is 56.1 Å². The molecule has 1 saturated heterocycles. The van der Waals surface area contributed by atoms with Crippen LogP contribution in [0.3, 0.4) is 0 Å². The second-order valence-electron chi connectivity index (χ2n) is 8.94. The van der Waals surface area contributed by atoms with Crippen molar-refractivity contribution in [3.63, 3.8) is 0 Å². The van der Waals surface area contributed by atoms with Crippen molar-refractivity contribution in [3.05, 3.63) is 35.1 Å². The average molecular weight is 454 g/mol. The molecule has 5 rings (SSSR count). The third kappa shape index (κ3) is 3.81. The molecule has 5 heterocycles. The maximum Gasteiger partial charge on any atom is 0.140 e. The van der Waals surface area contributed by atoms with Crippen molar-refractivity contribution in [1.82, 2.24) is 24.4 Å². The van der Waals surface area contributed by atoms with Crippen molar-refractivity contribution in [3.8, 4) is 11.3 Å². The Balaban J connectivity index is 1.49. The summed E-state index contributed by atoms with van der Waals surface area (Å²) in [5, 5.41) is 2.51. The number of H-pyrrole nitrogens is 1. The molecule has 0 aliphatic carbocycles. The van der Waals surface area contributed by atoms with Crippen LogP contribution in [0.25, 0.3) is 32.6 Å². The molecule has 0 aromatic carbocycles. The van der Waals surface area contributed by atoms with E-state index in [1.165, 1.54) is 75.8 Å². The van der Waals surface area contributed by atoms with Crippen LogP contribution in [0.2, 0.25) is 0 Å². The maximum atomic E-state index is 5.22. The van der Waals surface area contributed by atoms with Crippen LogP contribution in [0.4, 0.5) is 0 Å². The molecule has 0 atom stereocenters. The van der Waals surface area contributed by atoms with E-state index in [1.54, 1.807) is 0 Å². The van der Waals surface area contributed by atoms with Gasteiger partial charge in [-0.05, 0) is 50.2 Å². The Morgan fingerprint density at radius 1 is 1.29 bits per heavy atom. The summed E-state index contributed by atoms with van der Waals surface area (Å²) < 4.78 is 2.12. The highest BCUT2D eigenvalue weighted by atomic mass is 32.2. The normalized spacial score (nSPS) is 16.3. The fourth-order valence-electron chi connectivity index (χ4n) is 4.89. The van der Waals surface area contributed by atoms with Crippen molar-refractivity contribution in [1.29, 1.82) is 0 Å². The molecular formula is C24H31N5S2. The Bertz CT molecular complexity index is 1190. The van der Waals surface area contributed by atoms with Gasteiger partial charge in [0, 0.05) is 54.2 Å². The Kier molecular flexibility index (Phi) is 5.84. The summed E-state index contributed by atoms with van der Waals surface area (Å²) in [6.45, 7) is 8.17. The standard InChI is InChI=1S/C24H31N5S2/c1-15(2)19-20(18-14-28(3)22-17(18)6-5-9-25-22)26-24-21(19)27-23(31-24)16-7-10-29(11-8-16)12-13-30-4/h5-6,9,14-16,26H,7-8,10-13H2,1-4H3. The summed E-state index contributed by atoms with van der Waals surface area (Å²) in [7, 11) is 2.07. The maximum absolute atomic E-state index is 5.22. The van der Waals surface area contributed by atoms with E-state index in [1.807, 2.05) is 35.4 Å².